The summed E-state index contributed by atoms with van der Waals surface area (Å²) in [5.41, 5.74) is 0.432. The maximum Gasteiger partial charge on any atom is 0.311 e. The smallest absolute Gasteiger partial charge is 0.311 e. The molecule has 0 aliphatic carbocycles. The lowest BCUT2D eigenvalue weighted by atomic mass is 10.1. The summed E-state index contributed by atoms with van der Waals surface area (Å²) in [6.45, 7) is 4.01. The topological polar surface area (TPSA) is 90.4 Å². The number of hydrogen-bond donors (Lipinski definition) is 1. The fourth-order valence-corrected chi connectivity index (χ4v) is 1.89. The molecule has 7 nitrogen and oxygen atoms in total. The summed E-state index contributed by atoms with van der Waals surface area (Å²) in [6.07, 6.45) is 1.55. The van der Waals surface area contributed by atoms with Crippen LogP contribution in [-0.4, -0.2) is 23.6 Å². The molecule has 21 heavy (non-hydrogen) atoms. The summed E-state index contributed by atoms with van der Waals surface area (Å²) < 4.78 is 11.1. The van der Waals surface area contributed by atoms with Crippen molar-refractivity contribution in [2.24, 2.45) is 0 Å². The quantitative estimate of drug-likeness (QED) is 0.650. The third kappa shape index (κ3) is 3.03. The van der Waals surface area contributed by atoms with E-state index in [1.54, 1.807) is 32.3 Å². The lowest BCUT2D eigenvalue weighted by Gasteiger charge is -2.08. The average molecular weight is 291 g/mol. The number of nitro groups is 1. The standard InChI is InChI=1S/C14H17N3O4/c1-4-20-13-10(6-5-7-11(13)17(18)19)12-8-16-14(21-12)9(2)15-3/h5-9,15H,4H2,1-3H3. The van der Waals surface area contributed by atoms with Crippen LogP contribution in [0.5, 0.6) is 5.75 Å². The number of ether oxygens (including phenoxy) is 1. The first kappa shape index (κ1) is 15.0. The van der Waals surface area contributed by atoms with Gasteiger partial charge in [-0.3, -0.25) is 10.1 Å². The number of rotatable bonds is 6. The van der Waals surface area contributed by atoms with Crippen molar-refractivity contribution in [3.8, 4) is 17.1 Å². The number of aromatic nitrogens is 1. The van der Waals surface area contributed by atoms with E-state index in [0.29, 0.717) is 23.8 Å². The van der Waals surface area contributed by atoms with Gasteiger partial charge in [-0.1, -0.05) is 6.07 Å². The molecular formula is C14H17N3O4. The molecule has 1 aromatic heterocycles. The average Bonchev–Trinajstić information content (AvgIpc) is 2.96. The van der Waals surface area contributed by atoms with E-state index >= 15 is 0 Å². The number of benzene rings is 1. The van der Waals surface area contributed by atoms with Crippen molar-refractivity contribution in [1.29, 1.82) is 0 Å². The summed E-state index contributed by atoms with van der Waals surface area (Å²) in [7, 11) is 1.80. The van der Waals surface area contributed by atoms with Crippen molar-refractivity contribution in [3.05, 3.63) is 40.4 Å². The third-order valence-electron chi connectivity index (χ3n) is 3.07. The minimum Gasteiger partial charge on any atom is -0.487 e. The van der Waals surface area contributed by atoms with Gasteiger partial charge in [-0.2, -0.15) is 0 Å². The third-order valence-corrected chi connectivity index (χ3v) is 3.07. The Labute approximate surface area is 122 Å². The number of oxazole rings is 1. The molecule has 0 aliphatic rings. The van der Waals surface area contributed by atoms with Crippen LogP contribution in [0, 0.1) is 10.1 Å². The lowest BCUT2D eigenvalue weighted by molar-refractivity contribution is -0.385. The fraction of sp³-hybridized carbons (Fsp3) is 0.357. The van der Waals surface area contributed by atoms with Gasteiger partial charge in [0, 0.05) is 6.07 Å². The van der Waals surface area contributed by atoms with Gasteiger partial charge in [0.05, 0.1) is 29.3 Å². The Kier molecular flexibility index (Phi) is 4.54. The molecule has 0 fully saturated rings. The van der Waals surface area contributed by atoms with E-state index in [4.69, 9.17) is 9.15 Å². The number of nitrogens with one attached hydrogen (secondary N) is 1. The van der Waals surface area contributed by atoms with E-state index in [1.165, 1.54) is 6.07 Å². The highest BCUT2D eigenvalue weighted by atomic mass is 16.6. The predicted molar refractivity (Wildman–Crippen MR) is 77.2 cm³/mol. The van der Waals surface area contributed by atoms with Crippen LogP contribution >= 0.6 is 0 Å². The molecule has 0 bridgehead atoms. The zero-order valence-electron chi connectivity index (χ0n) is 12.1. The molecule has 0 amide bonds. The molecule has 1 heterocycles. The molecule has 0 aliphatic heterocycles. The highest BCUT2D eigenvalue weighted by molar-refractivity contribution is 5.71. The van der Waals surface area contributed by atoms with Crippen molar-refractivity contribution in [2.75, 3.05) is 13.7 Å². The van der Waals surface area contributed by atoms with E-state index in [0.717, 1.165) is 0 Å². The molecule has 1 aromatic carbocycles. The minimum atomic E-state index is -0.470. The summed E-state index contributed by atoms with van der Waals surface area (Å²) >= 11 is 0. The van der Waals surface area contributed by atoms with Crippen molar-refractivity contribution in [3.63, 3.8) is 0 Å². The van der Waals surface area contributed by atoms with Crippen LogP contribution in [0.3, 0.4) is 0 Å². The number of para-hydroxylation sites is 1. The minimum absolute atomic E-state index is 0.0482. The van der Waals surface area contributed by atoms with Crippen LogP contribution in [0.15, 0.2) is 28.8 Å². The molecule has 0 saturated carbocycles. The molecule has 2 aromatic rings. The monoisotopic (exact) mass is 291 g/mol. The first-order valence-corrected chi connectivity index (χ1v) is 6.62. The van der Waals surface area contributed by atoms with Gasteiger partial charge in [0.15, 0.2) is 5.76 Å². The summed E-state index contributed by atoms with van der Waals surface area (Å²) in [5, 5.41) is 14.1. The van der Waals surface area contributed by atoms with Crippen molar-refractivity contribution < 1.29 is 14.1 Å². The summed E-state index contributed by atoms with van der Waals surface area (Å²) in [4.78, 5) is 14.8. The molecule has 112 valence electrons. The second kappa shape index (κ2) is 6.36. The number of nitro benzene ring substituents is 1. The molecule has 7 heteroatoms. The maximum absolute atomic E-state index is 11.1. The first-order valence-electron chi connectivity index (χ1n) is 6.62. The van der Waals surface area contributed by atoms with E-state index < -0.39 is 4.92 Å². The van der Waals surface area contributed by atoms with Crippen LogP contribution < -0.4 is 10.1 Å². The Balaban J connectivity index is 2.50. The largest absolute Gasteiger partial charge is 0.487 e. The molecule has 1 atom stereocenters. The highest BCUT2D eigenvalue weighted by Gasteiger charge is 2.22. The van der Waals surface area contributed by atoms with Crippen LogP contribution in [0.25, 0.3) is 11.3 Å². The van der Waals surface area contributed by atoms with Gasteiger partial charge in [-0.25, -0.2) is 4.98 Å². The van der Waals surface area contributed by atoms with Crippen molar-refractivity contribution in [2.45, 2.75) is 19.9 Å². The Morgan fingerprint density at radius 2 is 2.29 bits per heavy atom. The molecule has 0 saturated heterocycles. The zero-order chi connectivity index (χ0) is 15.4. The maximum atomic E-state index is 11.1. The zero-order valence-corrected chi connectivity index (χ0v) is 12.1. The van der Waals surface area contributed by atoms with Crippen LogP contribution in [0.1, 0.15) is 25.8 Å². The van der Waals surface area contributed by atoms with E-state index in [9.17, 15) is 10.1 Å². The molecule has 1 N–H and O–H groups in total. The lowest BCUT2D eigenvalue weighted by Crippen LogP contribution is -2.12. The van der Waals surface area contributed by atoms with Gasteiger partial charge in [-0.15, -0.1) is 0 Å². The van der Waals surface area contributed by atoms with Gasteiger partial charge < -0.3 is 14.5 Å². The molecular weight excluding hydrogens is 274 g/mol. The second-order valence-corrected chi connectivity index (χ2v) is 4.42. The second-order valence-electron chi connectivity index (χ2n) is 4.42. The van der Waals surface area contributed by atoms with E-state index in [2.05, 4.69) is 10.3 Å². The molecule has 2 rings (SSSR count). The van der Waals surface area contributed by atoms with Crippen LogP contribution in [0.2, 0.25) is 0 Å². The first-order chi connectivity index (χ1) is 10.1. The van der Waals surface area contributed by atoms with Gasteiger partial charge in [0.25, 0.3) is 0 Å². The predicted octanol–water partition coefficient (Wildman–Crippen LogP) is 2.93. The number of hydrogen-bond acceptors (Lipinski definition) is 6. The Hall–Kier alpha value is -2.41. The molecule has 0 spiro atoms. The van der Waals surface area contributed by atoms with E-state index in [1.807, 2.05) is 6.92 Å². The fourth-order valence-electron chi connectivity index (χ4n) is 1.89. The van der Waals surface area contributed by atoms with E-state index in [-0.39, 0.29) is 17.5 Å². The summed E-state index contributed by atoms with van der Waals surface area (Å²) in [6, 6.07) is 4.67. The van der Waals surface area contributed by atoms with Crippen molar-refractivity contribution in [1.82, 2.24) is 10.3 Å². The van der Waals surface area contributed by atoms with Crippen molar-refractivity contribution >= 4 is 5.69 Å². The van der Waals surface area contributed by atoms with Gasteiger partial charge >= 0.3 is 5.69 Å². The molecule has 1 unspecified atom stereocenters. The highest BCUT2D eigenvalue weighted by Crippen LogP contribution is 2.38. The van der Waals surface area contributed by atoms with Gasteiger partial charge in [0.2, 0.25) is 11.6 Å². The normalized spacial score (nSPS) is 12.1. The summed E-state index contributed by atoms with van der Waals surface area (Å²) in [5.74, 6) is 1.16. The van der Waals surface area contributed by atoms with Gasteiger partial charge in [-0.05, 0) is 27.0 Å². The number of nitrogens with zero attached hydrogens (tertiary/aromatic N) is 2. The van der Waals surface area contributed by atoms with Crippen LogP contribution in [-0.2, 0) is 0 Å². The Morgan fingerprint density at radius 1 is 1.52 bits per heavy atom. The Bertz CT molecular complexity index is 639. The SMILES string of the molecule is CCOc1c(-c2cnc(C(C)NC)o2)cccc1[N+](=O)[O-]. The van der Waals surface area contributed by atoms with Gasteiger partial charge in [0.1, 0.15) is 0 Å². The Morgan fingerprint density at radius 3 is 2.90 bits per heavy atom. The van der Waals surface area contributed by atoms with Crippen LogP contribution in [0.4, 0.5) is 5.69 Å². The molecule has 0 radical (unpaired) electrons.